The standard InChI is InChI=1S/C14H19NO2/c1-4-11(5-2)14(17)12-6-8-13(9-7-12)15(3)10-16/h6-11H,4-5H2,1-3H3. The van der Waals surface area contributed by atoms with Crippen LogP contribution in [-0.2, 0) is 4.79 Å². The van der Waals surface area contributed by atoms with Crippen LogP contribution in [0.15, 0.2) is 24.3 Å². The smallest absolute Gasteiger partial charge is 0.213 e. The Hall–Kier alpha value is -1.64. The van der Waals surface area contributed by atoms with Gasteiger partial charge in [0.1, 0.15) is 0 Å². The van der Waals surface area contributed by atoms with Gasteiger partial charge in [-0.3, -0.25) is 9.59 Å². The number of Topliss-reactive ketones (excluding diaryl/α,β-unsaturated/α-hetero) is 1. The molecule has 0 spiro atoms. The summed E-state index contributed by atoms with van der Waals surface area (Å²) in [7, 11) is 1.69. The van der Waals surface area contributed by atoms with Gasteiger partial charge >= 0.3 is 0 Å². The van der Waals surface area contributed by atoms with Gasteiger partial charge < -0.3 is 4.90 Å². The van der Waals surface area contributed by atoms with Crippen LogP contribution in [0.25, 0.3) is 0 Å². The molecule has 1 amide bonds. The fraction of sp³-hybridized carbons (Fsp3) is 0.429. The Kier molecular flexibility index (Phi) is 4.88. The number of hydrogen-bond acceptors (Lipinski definition) is 2. The number of amides is 1. The monoisotopic (exact) mass is 233 g/mol. The van der Waals surface area contributed by atoms with Gasteiger partial charge in [0.15, 0.2) is 5.78 Å². The fourth-order valence-corrected chi connectivity index (χ4v) is 1.82. The molecular weight excluding hydrogens is 214 g/mol. The Bertz CT molecular complexity index is 380. The number of hydrogen-bond donors (Lipinski definition) is 0. The predicted octanol–water partition coefficient (Wildman–Crippen LogP) is 2.90. The van der Waals surface area contributed by atoms with Gasteiger partial charge in [-0.2, -0.15) is 0 Å². The molecule has 0 fully saturated rings. The summed E-state index contributed by atoms with van der Waals surface area (Å²) in [6.07, 6.45) is 2.48. The Morgan fingerprint density at radius 2 is 1.76 bits per heavy atom. The Labute approximate surface area is 102 Å². The maximum Gasteiger partial charge on any atom is 0.213 e. The highest BCUT2D eigenvalue weighted by Crippen LogP contribution is 2.18. The van der Waals surface area contributed by atoms with E-state index >= 15 is 0 Å². The molecule has 0 aliphatic carbocycles. The molecule has 0 aromatic heterocycles. The zero-order valence-corrected chi connectivity index (χ0v) is 10.6. The second-order valence-corrected chi connectivity index (χ2v) is 4.14. The van der Waals surface area contributed by atoms with Gasteiger partial charge in [0, 0.05) is 24.2 Å². The van der Waals surface area contributed by atoms with E-state index in [1.165, 1.54) is 4.90 Å². The average molecular weight is 233 g/mol. The zero-order chi connectivity index (χ0) is 12.8. The molecule has 0 saturated heterocycles. The van der Waals surface area contributed by atoms with Crippen molar-refractivity contribution < 1.29 is 9.59 Å². The molecule has 17 heavy (non-hydrogen) atoms. The Morgan fingerprint density at radius 3 is 2.18 bits per heavy atom. The first kappa shape index (κ1) is 13.4. The molecule has 0 radical (unpaired) electrons. The normalized spacial score (nSPS) is 10.4. The lowest BCUT2D eigenvalue weighted by Gasteiger charge is -2.13. The topological polar surface area (TPSA) is 37.4 Å². The molecule has 0 bridgehead atoms. The van der Waals surface area contributed by atoms with E-state index in [0.717, 1.165) is 30.5 Å². The predicted molar refractivity (Wildman–Crippen MR) is 69.3 cm³/mol. The summed E-state index contributed by atoms with van der Waals surface area (Å²) in [5.41, 5.74) is 1.52. The summed E-state index contributed by atoms with van der Waals surface area (Å²) in [6.45, 7) is 4.06. The van der Waals surface area contributed by atoms with Crippen molar-refractivity contribution in [2.45, 2.75) is 26.7 Å². The molecule has 0 atom stereocenters. The third-order valence-electron chi connectivity index (χ3n) is 3.07. The number of carbonyl (C=O) groups is 2. The second kappa shape index (κ2) is 6.18. The lowest BCUT2D eigenvalue weighted by Crippen LogP contribution is -2.15. The van der Waals surface area contributed by atoms with Gasteiger partial charge in [0.25, 0.3) is 0 Å². The molecule has 1 aromatic rings. The highest BCUT2D eigenvalue weighted by atomic mass is 16.1. The van der Waals surface area contributed by atoms with Crippen LogP contribution in [0, 0.1) is 5.92 Å². The largest absolute Gasteiger partial charge is 0.318 e. The van der Waals surface area contributed by atoms with E-state index in [2.05, 4.69) is 0 Å². The van der Waals surface area contributed by atoms with Crippen molar-refractivity contribution in [3.63, 3.8) is 0 Å². The third-order valence-corrected chi connectivity index (χ3v) is 3.07. The minimum Gasteiger partial charge on any atom is -0.318 e. The summed E-state index contributed by atoms with van der Waals surface area (Å²) in [5, 5.41) is 0. The summed E-state index contributed by atoms with van der Waals surface area (Å²) < 4.78 is 0. The van der Waals surface area contributed by atoms with E-state index < -0.39 is 0 Å². The van der Waals surface area contributed by atoms with Gasteiger partial charge in [0.05, 0.1) is 0 Å². The van der Waals surface area contributed by atoms with Crippen LogP contribution in [0.4, 0.5) is 5.69 Å². The van der Waals surface area contributed by atoms with Crippen molar-refractivity contribution >= 4 is 17.9 Å². The number of ketones is 1. The molecule has 0 aliphatic heterocycles. The van der Waals surface area contributed by atoms with Gasteiger partial charge in [-0.1, -0.05) is 13.8 Å². The number of nitrogens with zero attached hydrogens (tertiary/aromatic N) is 1. The molecule has 1 aromatic carbocycles. The first-order valence-corrected chi connectivity index (χ1v) is 5.96. The van der Waals surface area contributed by atoms with Crippen LogP contribution in [0.3, 0.4) is 0 Å². The van der Waals surface area contributed by atoms with Crippen molar-refractivity contribution in [1.82, 2.24) is 0 Å². The second-order valence-electron chi connectivity index (χ2n) is 4.14. The van der Waals surface area contributed by atoms with Crippen molar-refractivity contribution in [2.24, 2.45) is 5.92 Å². The van der Waals surface area contributed by atoms with E-state index in [9.17, 15) is 9.59 Å². The van der Waals surface area contributed by atoms with Gasteiger partial charge in [-0.25, -0.2) is 0 Å². The Morgan fingerprint density at radius 1 is 1.24 bits per heavy atom. The molecule has 0 saturated carbocycles. The molecule has 0 aliphatic rings. The first-order chi connectivity index (χ1) is 8.13. The molecule has 3 heteroatoms. The van der Waals surface area contributed by atoms with E-state index in [4.69, 9.17) is 0 Å². The van der Waals surface area contributed by atoms with Crippen LogP contribution < -0.4 is 4.90 Å². The van der Waals surface area contributed by atoms with E-state index in [-0.39, 0.29) is 11.7 Å². The van der Waals surface area contributed by atoms with E-state index in [0.29, 0.717) is 0 Å². The van der Waals surface area contributed by atoms with Crippen molar-refractivity contribution in [3.05, 3.63) is 29.8 Å². The molecule has 0 unspecified atom stereocenters. The van der Waals surface area contributed by atoms with Gasteiger partial charge in [-0.05, 0) is 37.1 Å². The van der Waals surface area contributed by atoms with Crippen LogP contribution in [-0.4, -0.2) is 19.2 Å². The maximum absolute atomic E-state index is 12.1. The summed E-state index contributed by atoms with van der Waals surface area (Å²) in [6, 6.07) is 7.17. The molecule has 0 heterocycles. The summed E-state index contributed by atoms with van der Waals surface area (Å²) >= 11 is 0. The third kappa shape index (κ3) is 3.16. The van der Waals surface area contributed by atoms with Crippen molar-refractivity contribution in [3.8, 4) is 0 Å². The lowest BCUT2D eigenvalue weighted by atomic mass is 9.93. The van der Waals surface area contributed by atoms with Crippen LogP contribution in [0.2, 0.25) is 0 Å². The highest BCUT2D eigenvalue weighted by molar-refractivity contribution is 5.98. The van der Waals surface area contributed by atoms with Crippen LogP contribution in [0.1, 0.15) is 37.0 Å². The number of carbonyl (C=O) groups excluding carboxylic acids is 2. The zero-order valence-electron chi connectivity index (χ0n) is 10.6. The summed E-state index contributed by atoms with van der Waals surface area (Å²) in [5.74, 6) is 0.292. The molecule has 1 rings (SSSR count). The van der Waals surface area contributed by atoms with Crippen LogP contribution in [0.5, 0.6) is 0 Å². The number of anilines is 1. The van der Waals surface area contributed by atoms with Gasteiger partial charge in [0.2, 0.25) is 6.41 Å². The van der Waals surface area contributed by atoms with Crippen molar-refractivity contribution in [2.75, 3.05) is 11.9 Å². The molecule has 92 valence electrons. The first-order valence-electron chi connectivity index (χ1n) is 5.96. The van der Waals surface area contributed by atoms with Gasteiger partial charge in [-0.15, -0.1) is 0 Å². The Balaban J connectivity index is 2.87. The highest BCUT2D eigenvalue weighted by Gasteiger charge is 2.16. The minimum absolute atomic E-state index is 0.102. The SMILES string of the molecule is CCC(CC)C(=O)c1ccc(N(C)C=O)cc1. The minimum atomic E-state index is 0.102. The lowest BCUT2D eigenvalue weighted by molar-refractivity contribution is -0.107. The maximum atomic E-state index is 12.1. The average Bonchev–Trinajstić information content (AvgIpc) is 2.39. The van der Waals surface area contributed by atoms with E-state index in [1.54, 1.807) is 31.3 Å². The fourth-order valence-electron chi connectivity index (χ4n) is 1.82. The summed E-state index contributed by atoms with van der Waals surface area (Å²) in [4.78, 5) is 24.1. The number of benzene rings is 1. The molecular formula is C14H19NO2. The number of rotatable bonds is 6. The van der Waals surface area contributed by atoms with Crippen molar-refractivity contribution in [1.29, 1.82) is 0 Å². The molecule has 0 N–H and O–H groups in total. The quantitative estimate of drug-likeness (QED) is 0.559. The van der Waals surface area contributed by atoms with Crippen LogP contribution >= 0.6 is 0 Å². The molecule has 3 nitrogen and oxygen atoms in total. The van der Waals surface area contributed by atoms with E-state index in [1.807, 2.05) is 13.8 Å².